The first-order valence-corrected chi connectivity index (χ1v) is 8.41. The summed E-state index contributed by atoms with van der Waals surface area (Å²) in [6.45, 7) is 4.04. The molecule has 0 radical (unpaired) electrons. The van der Waals surface area contributed by atoms with Crippen LogP contribution in [0.1, 0.15) is 64.2 Å². The van der Waals surface area contributed by atoms with E-state index >= 15 is 0 Å². The van der Waals surface area contributed by atoms with E-state index in [0.29, 0.717) is 0 Å². The molecular formula is C16H30N2. The van der Waals surface area contributed by atoms with Gasteiger partial charge in [-0.1, -0.05) is 19.3 Å². The normalized spacial score (nSPS) is 32.7. The highest BCUT2D eigenvalue weighted by Gasteiger charge is 2.34. The molecule has 2 heteroatoms. The minimum atomic E-state index is 0.895. The number of hydrogen-bond donors (Lipinski definition) is 1. The average Bonchev–Trinajstić information content (AvgIpc) is 3.14. The molecule has 1 N–H and O–H groups in total. The van der Waals surface area contributed by atoms with Gasteiger partial charge in [0.05, 0.1) is 0 Å². The van der Waals surface area contributed by atoms with E-state index in [1.807, 2.05) is 0 Å². The molecule has 0 aromatic carbocycles. The summed E-state index contributed by atoms with van der Waals surface area (Å²) in [4.78, 5) is 2.82. The van der Waals surface area contributed by atoms with E-state index in [1.54, 1.807) is 0 Å². The third kappa shape index (κ3) is 3.48. The zero-order valence-electron chi connectivity index (χ0n) is 11.9. The van der Waals surface area contributed by atoms with E-state index in [9.17, 15) is 0 Å². The number of rotatable bonds is 7. The number of fused-ring (bicyclic) bond motifs is 1. The van der Waals surface area contributed by atoms with Gasteiger partial charge in [-0.05, 0) is 70.5 Å². The molecule has 0 aromatic heterocycles. The van der Waals surface area contributed by atoms with E-state index in [0.717, 1.165) is 18.0 Å². The first-order valence-electron chi connectivity index (χ1n) is 8.41. The lowest BCUT2D eigenvalue weighted by Gasteiger charge is -2.31. The summed E-state index contributed by atoms with van der Waals surface area (Å²) >= 11 is 0. The van der Waals surface area contributed by atoms with Crippen LogP contribution in [0.15, 0.2) is 0 Å². The van der Waals surface area contributed by atoms with Gasteiger partial charge in [0.25, 0.3) is 0 Å². The van der Waals surface area contributed by atoms with Crippen LogP contribution in [0.4, 0.5) is 0 Å². The molecule has 18 heavy (non-hydrogen) atoms. The predicted molar refractivity (Wildman–Crippen MR) is 76.8 cm³/mol. The van der Waals surface area contributed by atoms with Crippen LogP contribution in [0.5, 0.6) is 0 Å². The Bertz CT molecular complexity index is 249. The van der Waals surface area contributed by atoms with Gasteiger partial charge in [0, 0.05) is 12.1 Å². The Morgan fingerprint density at radius 3 is 2.67 bits per heavy atom. The zero-order chi connectivity index (χ0) is 12.2. The van der Waals surface area contributed by atoms with E-state index in [-0.39, 0.29) is 0 Å². The topological polar surface area (TPSA) is 15.3 Å². The number of nitrogens with zero attached hydrogens (tertiary/aromatic N) is 1. The second kappa shape index (κ2) is 6.38. The largest absolute Gasteiger partial charge is 0.314 e. The van der Waals surface area contributed by atoms with Crippen molar-refractivity contribution in [1.82, 2.24) is 10.2 Å². The number of nitrogens with one attached hydrogen (secondary N) is 1. The van der Waals surface area contributed by atoms with Crippen molar-refractivity contribution >= 4 is 0 Å². The van der Waals surface area contributed by atoms with Gasteiger partial charge in [0.2, 0.25) is 0 Å². The molecule has 1 saturated heterocycles. The number of unbranched alkanes of at least 4 members (excludes halogenated alkanes) is 2. The monoisotopic (exact) mass is 250 g/mol. The maximum absolute atomic E-state index is 3.62. The molecule has 3 rings (SSSR count). The van der Waals surface area contributed by atoms with Gasteiger partial charge in [0.15, 0.2) is 0 Å². The highest BCUT2D eigenvalue weighted by Crippen LogP contribution is 2.36. The summed E-state index contributed by atoms with van der Waals surface area (Å²) in [6.07, 6.45) is 14.6. The van der Waals surface area contributed by atoms with Crippen LogP contribution in [0, 0.1) is 5.92 Å². The summed E-state index contributed by atoms with van der Waals surface area (Å²) in [5.41, 5.74) is 0. The predicted octanol–water partition coefficient (Wildman–Crippen LogP) is 3.17. The van der Waals surface area contributed by atoms with Gasteiger partial charge in [0.1, 0.15) is 0 Å². The molecule has 2 atom stereocenters. The summed E-state index contributed by atoms with van der Waals surface area (Å²) < 4.78 is 0. The molecule has 3 fully saturated rings. The van der Waals surface area contributed by atoms with E-state index in [1.165, 1.54) is 83.8 Å². The number of hydrogen-bond acceptors (Lipinski definition) is 2. The lowest BCUT2D eigenvalue weighted by Crippen LogP contribution is -2.35. The van der Waals surface area contributed by atoms with Gasteiger partial charge in [-0.3, -0.25) is 0 Å². The molecule has 0 aromatic rings. The van der Waals surface area contributed by atoms with Crippen molar-refractivity contribution in [2.75, 3.05) is 19.6 Å². The fourth-order valence-electron chi connectivity index (χ4n) is 3.99. The molecule has 104 valence electrons. The zero-order valence-corrected chi connectivity index (χ0v) is 11.9. The van der Waals surface area contributed by atoms with E-state index in [4.69, 9.17) is 0 Å². The van der Waals surface area contributed by atoms with Crippen LogP contribution in [-0.4, -0.2) is 36.6 Å². The Hall–Kier alpha value is -0.0800. The SMILES string of the molecule is C(CCNC1CC1)CCN1CCC2CCCCC21. The van der Waals surface area contributed by atoms with Crippen molar-refractivity contribution in [3.63, 3.8) is 0 Å². The van der Waals surface area contributed by atoms with Crippen molar-refractivity contribution in [2.45, 2.75) is 76.3 Å². The van der Waals surface area contributed by atoms with Gasteiger partial charge in [-0.25, -0.2) is 0 Å². The van der Waals surface area contributed by atoms with Crippen LogP contribution in [0.2, 0.25) is 0 Å². The van der Waals surface area contributed by atoms with Crippen molar-refractivity contribution in [3.8, 4) is 0 Å². The standard InChI is InChI=1S/C16H30N2/c1(4-11-17-15-8-9-15)5-12-18-13-10-14-6-2-3-7-16(14)18/h14-17H,1-13H2. The summed E-state index contributed by atoms with van der Waals surface area (Å²) in [5.74, 6) is 1.07. The van der Waals surface area contributed by atoms with Crippen molar-refractivity contribution in [3.05, 3.63) is 0 Å². The molecule has 2 saturated carbocycles. The molecule has 1 aliphatic heterocycles. The fraction of sp³-hybridized carbons (Fsp3) is 1.00. The molecule has 2 unspecified atom stereocenters. The Labute approximate surface area is 113 Å². The van der Waals surface area contributed by atoms with Crippen LogP contribution in [0.25, 0.3) is 0 Å². The van der Waals surface area contributed by atoms with Crippen molar-refractivity contribution in [2.24, 2.45) is 5.92 Å². The maximum atomic E-state index is 3.62. The van der Waals surface area contributed by atoms with Crippen molar-refractivity contribution < 1.29 is 0 Å². The van der Waals surface area contributed by atoms with Crippen LogP contribution in [0.3, 0.4) is 0 Å². The molecule has 2 aliphatic carbocycles. The lowest BCUT2D eigenvalue weighted by molar-refractivity contribution is 0.179. The summed E-state index contributed by atoms with van der Waals surface area (Å²) in [7, 11) is 0. The van der Waals surface area contributed by atoms with Crippen LogP contribution in [-0.2, 0) is 0 Å². The fourth-order valence-corrected chi connectivity index (χ4v) is 3.99. The highest BCUT2D eigenvalue weighted by atomic mass is 15.2. The Morgan fingerprint density at radius 1 is 0.889 bits per heavy atom. The van der Waals surface area contributed by atoms with Gasteiger partial charge in [-0.15, -0.1) is 0 Å². The second-order valence-electron chi connectivity index (χ2n) is 6.73. The smallest absolute Gasteiger partial charge is 0.0124 e. The Balaban J connectivity index is 1.26. The van der Waals surface area contributed by atoms with Crippen LogP contribution < -0.4 is 5.32 Å². The quantitative estimate of drug-likeness (QED) is 0.698. The minimum Gasteiger partial charge on any atom is -0.314 e. The average molecular weight is 250 g/mol. The highest BCUT2D eigenvalue weighted by molar-refractivity contribution is 4.89. The van der Waals surface area contributed by atoms with Crippen LogP contribution >= 0.6 is 0 Å². The van der Waals surface area contributed by atoms with Gasteiger partial charge < -0.3 is 10.2 Å². The molecule has 0 bridgehead atoms. The summed E-state index contributed by atoms with van der Waals surface area (Å²) in [5, 5.41) is 3.62. The molecule has 3 aliphatic rings. The second-order valence-corrected chi connectivity index (χ2v) is 6.73. The molecule has 2 nitrogen and oxygen atoms in total. The first kappa shape index (κ1) is 12.9. The van der Waals surface area contributed by atoms with E-state index < -0.39 is 0 Å². The maximum Gasteiger partial charge on any atom is 0.0124 e. The molecule has 0 spiro atoms. The van der Waals surface area contributed by atoms with Gasteiger partial charge >= 0.3 is 0 Å². The van der Waals surface area contributed by atoms with Crippen molar-refractivity contribution in [1.29, 1.82) is 0 Å². The Kier molecular flexibility index (Phi) is 4.58. The Morgan fingerprint density at radius 2 is 1.78 bits per heavy atom. The lowest BCUT2D eigenvalue weighted by atomic mass is 9.85. The number of likely N-dealkylation sites (tertiary alicyclic amines) is 1. The third-order valence-corrected chi connectivity index (χ3v) is 5.26. The third-order valence-electron chi connectivity index (χ3n) is 5.26. The molecular weight excluding hydrogens is 220 g/mol. The first-order chi connectivity index (χ1) is 8.93. The van der Waals surface area contributed by atoms with E-state index in [2.05, 4.69) is 10.2 Å². The molecule has 1 heterocycles. The molecule has 0 amide bonds. The summed E-state index contributed by atoms with van der Waals surface area (Å²) in [6, 6.07) is 1.87. The minimum absolute atomic E-state index is 0.895. The van der Waals surface area contributed by atoms with Gasteiger partial charge in [-0.2, -0.15) is 0 Å².